The minimum atomic E-state index is 0.548. The molecular formula is C21H30N4O2. The Kier molecular flexibility index (Phi) is 6.74. The van der Waals surface area contributed by atoms with Gasteiger partial charge in [-0.1, -0.05) is 6.92 Å². The molecule has 0 saturated carbocycles. The first-order valence-corrected chi connectivity index (χ1v) is 9.82. The Morgan fingerprint density at radius 1 is 1.15 bits per heavy atom. The normalized spacial score (nSPS) is 16.9. The third-order valence-electron chi connectivity index (χ3n) is 4.93. The van der Waals surface area contributed by atoms with Crippen molar-refractivity contribution in [2.24, 2.45) is 0 Å². The molecule has 1 aromatic heterocycles. The van der Waals surface area contributed by atoms with Crippen LogP contribution in [-0.2, 0) is 0 Å². The van der Waals surface area contributed by atoms with Gasteiger partial charge in [0.05, 0.1) is 13.7 Å². The Morgan fingerprint density at radius 2 is 1.93 bits per heavy atom. The lowest BCUT2D eigenvalue weighted by atomic mass is 10.0. The highest BCUT2D eigenvalue weighted by atomic mass is 16.5. The number of benzene rings is 1. The van der Waals surface area contributed by atoms with Crippen molar-refractivity contribution in [3.63, 3.8) is 0 Å². The van der Waals surface area contributed by atoms with E-state index in [0.717, 1.165) is 41.9 Å². The monoisotopic (exact) mass is 370 g/mol. The van der Waals surface area contributed by atoms with E-state index in [1.54, 1.807) is 7.11 Å². The predicted octanol–water partition coefficient (Wildman–Crippen LogP) is 4.05. The van der Waals surface area contributed by atoms with Gasteiger partial charge in [0, 0.05) is 24.3 Å². The lowest BCUT2D eigenvalue weighted by Crippen LogP contribution is -2.40. The van der Waals surface area contributed by atoms with Gasteiger partial charge in [-0.3, -0.25) is 0 Å². The van der Waals surface area contributed by atoms with Crippen molar-refractivity contribution < 1.29 is 9.47 Å². The maximum atomic E-state index is 5.77. The summed E-state index contributed by atoms with van der Waals surface area (Å²) in [5.74, 6) is 3.36. The first-order valence-electron chi connectivity index (χ1n) is 9.82. The first-order chi connectivity index (χ1) is 13.2. The molecular weight excluding hydrogens is 340 g/mol. The second-order valence-electron chi connectivity index (χ2n) is 6.90. The van der Waals surface area contributed by atoms with E-state index in [9.17, 15) is 0 Å². The van der Waals surface area contributed by atoms with Crippen molar-refractivity contribution in [3.8, 4) is 11.5 Å². The van der Waals surface area contributed by atoms with Crippen LogP contribution in [-0.4, -0.2) is 42.8 Å². The van der Waals surface area contributed by atoms with Crippen LogP contribution >= 0.6 is 0 Å². The van der Waals surface area contributed by atoms with Gasteiger partial charge < -0.3 is 19.7 Å². The van der Waals surface area contributed by atoms with Crippen LogP contribution in [0.2, 0.25) is 0 Å². The van der Waals surface area contributed by atoms with Gasteiger partial charge in [-0.15, -0.1) is 0 Å². The van der Waals surface area contributed by atoms with Gasteiger partial charge in [0.25, 0.3) is 0 Å². The molecule has 1 N–H and O–H groups in total. The van der Waals surface area contributed by atoms with Crippen LogP contribution in [0.1, 0.15) is 38.3 Å². The summed E-state index contributed by atoms with van der Waals surface area (Å²) >= 11 is 0. The van der Waals surface area contributed by atoms with E-state index in [4.69, 9.17) is 14.5 Å². The van der Waals surface area contributed by atoms with Crippen LogP contribution in [0, 0.1) is 6.92 Å². The van der Waals surface area contributed by atoms with Gasteiger partial charge in [-0.2, -0.15) is 4.98 Å². The van der Waals surface area contributed by atoms with Crippen molar-refractivity contribution in [2.45, 2.75) is 45.6 Å². The summed E-state index contributed by atoms with van der Waals surface area (Å²) in [5.41, 5.74) is 0.985. The Balaban J connectivity index is 1.56. The molecule has 3 rings (SSSR count). The summed E-state index contributed by atoms with van der Waals surface area (Å²) in [6.07, 6.45) is 4.88. The molecule has 2 aromatic rings. The van der Waals surface area contributed by atoms with E-state index < -0.39 is 0 Å². The largest absolute Gasteiger partial charge is 0.497 e. The van der Waals surface area contributed by atoms with Crippen LogP contribution in [0.4, 0.5) is 11.8 Å². The highest BCUT2D eigenvalue weighted by Crippen LogP contribution is 2.25. The summed E-state index contributed by atoms with van der Waals surface area (Å²) < 4.78 is 10.9. The fraction of sp³-hybridized carbons (Fsp3) is 0.524. The molecule has 1 aromatic carbocycles. The lowest BCUT2D eigenvalue weighted by Gasteiger charge is -2.35. The molecule has 0 aliphatic carbocycles. The smallest absolute Gasteiger partial charge is 0.227 e. The molecule has 1 unspecified atom stereocenters. The summed E-state index contributed by atoms with van der Waals surface area (Å²) in [6.45, 7) is 6.55. The molecule has 0 radical (unpaired) electrons. The van der Waals surface area contributed by atoms with Crippen LogP contribution in [0.3, 0.4) is 0 Å². The van der Waals surface area contributed by atoms with E-state index in [1.807, 2.05) is 37.3 Å². The second kappa shape index (κ2) is 9.44. The molecule has 6 nitrogen and oxygen atoms in total. The lowest BCUT2D eigenvalue weighted by molar-refractivity contribution is 0.331. The summed E-state index contributed by atoms with van der Waals surface area (Å²) in [4.78, 5) is 11.8. The molecule has 1 aliphatic heterocycles. The third-order valence-corrected chi connectivity index (χ3v) is 4.93. The van der Waals surface area contributed by atoms with Crippen molar-refractivity contribution in [1.29, 1.82) is 0 Å². The summed E-state index contributed by atoms with van der Waals surface area (Å²) in [6, 6.07) is 10.1. The number of hydrogen-bond acceptors (Lipinski definition) is 6. The third kappa shape index (κ3) is 5.25. The Morgan fingerprint density at radius 3 is 2.67 bits per heavy atom. The zero-order valence-corrected chi connectivity index (χ0v) is 16.6. The van der Waals surface area contributed by atoms with Crippen LogP contribution in [0.25, 0.3) is 0 Å². The number of nitrogens with one attached hydrogen (secondary N) is 1. The van der Waals surface area contributed by atoms with E-state index in [2.05, 4.69) is 22.1 Å². The zero-order chi connectivity index (χ0) is 19.1. The Labute approximate surface area is 161 Å². The van der Waals surface area contributed by atoms with Crippen molar-refractivity contribution in [2.75, 3.05) is 37.0 Å². The molecule has 1 aliphatic rings. The van der Waals surface area contributed by atoms with Gasteiger partial charge in [0.1, 0.15) is 23.9 Å². The number of ether oxygens (including phenoxy) is 2. The van der Waals surface area contributed by atoms with Gasteiger partial charge in [0.2, 0.25) is 5.95 Å². The molecule has 1 atom stereocenters. The van der Waals surface area contributed by atoms with Crippen LogP contribution in [0.5, 0.6) is 11.5 Å². The zero-order valence-electron chi connectivity index (χ0n) is 16.6. The fourth-order valence-electron chi connectivity index (χ4n) is 3.48. The quantitative estimate of drug-likeness (QED) is 0.707. The highest BCUT2D eigenvalue weighted by molar-refractivity contribution is 5.44. The molecule has 6 heteroatoms. The summed E-state index contributed by atoms with van der Waals surface area (Å²) in [7, 11) is 1.66. The summed E-state index contributed by atoms with van der Waals surface area (Å²) in [5, 5.41) is 3.36. The molecule has 146 valence electrons. The van der Waals surface area contributed by atoms with E-state index in [1.165, 1.54) is 19.3 Å². The number of rotatable bonds is 8. The maximum Gasteiger partial charge on any atom is 0.227 e. The SMILES string of the molecule is CCC1CCCCN1c1nc(C)cc(NCCOc2ccc(OC)cc2)n1. The number of hydrogen-bond donors (Lipinski definition) is 1. The number of piperidine rings is 1. The van der Waals surface area contributed by atoms with Crippen molar-refractivity contribution in [1.82, 2.24) is 9.97 Å². The number of aryl methyl sites for hydroxylation is 1. The van der Waals surface area contributed by atoms with Gasteiger partial charge in [0.15, 0.2) is 0 Å². The molecule has 0 bridgehead atoms. The molecule has 0 amide bonds. The van der Waals surface area contributed by atoms with Gasteiger partial charge >= 0.3 is 0 Å². The minimum absolute atomic E-state index is 0.548. The first kappa shape index (κ1) is 19.3. The van der Waals surface area contributed by atoms with Crippen molar-refractivity contribution in [3.05, 3.63) is 36.0 Å². The number of methoxy groups -OCH3 is 1. The van der Waals surface area contributed by atoms with Crippen molar-refractivity contribution >= 4 is 11.8 Å². The van der Waals surface area contributed by atoms with E-state index in [0.29, 0.717) is 19.2 Å². The van der Waals surface area contributed by atoms with Gasteiger partial charge in [-0.05, 0) is 56.9 Å². The highest BCUT2D eigenvalue weighted by Gasteiger charge is 2.23. The second-order valence-corrected chi connectivity index (χ2v) is 6.90. The molecule has 27 heavy (non-hydrogen) atoms. The Hall–Kier alpha value is -2.50. The predicted molar refractivity (Wildman–Crippen MR) is 109 cm³/mol. The number of aromatic nitrogens is 2. The number of anilines is 2. The maximum absolute atomic E-state index is 5.77. The molecule has 0 spiro atoms. The molecule has 2 heterocycles. The number of nitrogens with zero attached hydrogens (tertiary/aromatic N) is 3. The van der Waals surface area contributed by atoms with E-state index in [-0.39, 0.29) is 0 Å². The van der Waals surface area contributed by atoms with Gasteiger partial charge in [-0.25, -0.2) is 4.98 Å². The molecule has 1 fully saturated rings. The molecule has 1 saturated heterocycles. The van der Waals surface area contributed by atoms with Crippen LogP contribution < -0.4 is 19.7 Å². The topological polar surface area (TPSA) is 59.5 Å². The average Bonchev–Trinajstić information content (AvgIpc) is 2.71. The fourth-order valence-corrected chi connectivity index (χ4v) is 3.48. The van der Waals surface area contributed by atoms with Crippen LogP contribution in [0.15, 0.2) is 30.3 Å². The average molecular weight is 370 g/mol. The minimum Gasteiger partial charge on any atom is -0.497 e. The standard InChI is InChI=1S/C21H30N4O2/c1-4-17-7-5-6-13-25(17)21-23-16(2)15-20(24-21)22-12-14-27-19-10-8-18(26-3)9-11-19/h8-11,15,17H,4-7,12-14H2,1-3H3,(H,22,23,24). The Bertz CT molecular complexity index is 721. The van der Waals surface area contributed by atoms with E-state index >= 15 is 0 Å².